The normalized spacial score (nSPS) is 20.3. The topological polar surface area (TPSA) is 52.6 Å². The highest BCUT2D eigenvalue weighted by Crippen LogP contribution is 2.13. The Bertz CT molecular complexity index is 286. The van der Waals surface area contributed by atoms with Gasteiger partial charge in [-0.15, -0.1) is 11.6 Å². The quantitative estimate of drug-likeness (QED) is 0.703. The minimum atomic E-state index is -0.234. The van der Waals surface area contributed by atoms with Crippen LogP contribution in [0.25, 0.3) is 0 Å². The molecule has 0 aliphatic carbocycles. The zero-order valence-corrected chi connectivity index (χ0v) is 11.2. The molecule has 0 aromatic heterocycles. The van der Waals surface area contributed by atoms with Gasteiger partial charge in [-0.3, -0.25) is 9.59 Å². The number of hydrogen-bond acceptors (Lipinski definition) is 3. The first kappa shape index (κ1) is 14.3. The van der Waals surface area contributed by atoms with E-state index < -0.39 is 0 Å². The number of rotatable bonds is 5. The zero-order valence-electron chi connectivity index (χ0n) is 10.4. The van der Waals surface area contributed by atoms with E-state index in [-0.39, 0.29) is 17.7 Å². The molecule has 1 aliphatic heterocycles. The van der Waals surface area contributed by atoms with Crippen LogP contribution < -0.4 is 5.32 Å². The van der Waals surface area contributed by atoms with Gasteiger partial charge in [0.2, 0.25) is 11.8 Å². The van der Waals surface area contributed by atoms with Crippen molar-refractivity contribution >= 4 is 23.4 Å². The van der Waals surface area contributed by atoms with Gasteiger partial charge in [-0.2, -0.15) is 0 Å². The smallest absolute Gasteiger partial charge is 0.234 e. The molecule has 0 saturated carbocycles. The Labute approximate surface area is 107 Å². The first-order valence-electron chi connectivity index (χ1n) is 5.81. The van der Waals surface area contributed by atoms with Crippen LogP contribution in [0, 0.1) is 0 Å². The maximum atomic E-state index is 11.8. The molecule has 98 valence electrons. The Kier molecular flexibility index (Phi) is 5.71. The molecule has 0 radical (unpaired) electrons. The fourth-order valence-corrected chi connectivity index (χ4v) is 2.06. The van der Waals surface area contributed by atoms with Gasteiger partial charge in [-0.05, 0) is 20.0 Å². The van der Waals surface area contributed by atoms with Gasteiger partial charge >= 0.3 is 0 Å². The molecule has 0 aromatic carbocycles. The number of halogens is 1. The number of amides is 2. The molecule has 1 saturated heterocycles. The fourth-order valence-electron chi connectivity index (χ4n) is 1.96. The lowest BCUT2D eigenvalue weighted by atomic mass is 10.2. The number of hydrogen-bond donors (Lipinski definition) is 1. The van der Waals surface area contributed by atoms with Gasteiger partial charge in [0.15, 0.2) is 0 Å². The third-order valence-corrected chi connectivity index (χ3v) is 3.33. The minimum absolute atomic E-state index is 0.0581. The molecule has 0 spiro atoms. The van der Waals surface area contributed by atoms with Crippen molar-refractivity contribution in [2.24, 2.45) is 0 Å². The van der Waals surface area contributed by atoms with Crippen molar-refractivity contribution in [2.75, 3.05) is 39.6 Å². The molecule has 0 aromatic rings. The van der Waals surface area contributed by atoms with Crippen molar-refractivity contribution in [3.63, 3.8) is 0 Å². The summed E-state index contributed by atoms with van der Waals surface area (Å²) in [5.41, 5.74) is 0. The minimum Gasteiger partial charge on any atom is -0.355 e. The van der Waals surface area contributed by atoms with Gasteiger partial charge < -0.3 is 15.1 Å². The monoisotopic (exact) mass is 261 g/mol. The number of nitrogens with zero attached hydrogens (tertiary/aromatic N) is 2. The molecule has 17 heavy (non-hydrogen) atoms. The molecular formula is C11H20ClN3O2. The summed E-state index contributed by atoms with van der Waals surface area (Å²) in [6.07, 6.45) is 1.35. The zero-order chi connectivity index (χ0) is 12.8. The Morgan fingerprint density at radius 1 is 1.53 bits per heavy atom. The molecule has 1 rings (SSSR count). The highest BCUT2D eigenvalue weighted by atomic mass is 35.5. The Morgan fingerprint density at radius 2 is 2.24 bits per heavy atom. The number of alkyl halides is 1. The van der Waals surface area contributed by atoms with E-state index in [4.69, 9.17) is 11.6 Å². The fraction of sp³-hybridized carbons (Fsp3) is 0.818. The second-order valence-corrected chi connectivity index (χ2v) is 4.71. The van der Waals surface area contributed by atoms with Crippen LogP contribution in [0.15, 0.2) is 0 Å². The molecular weight excluding hydrogens is 242 g/mol. The van der Waals surface area contributed by atoms with Crippen molar-refractivity contribution in [2.45, 2.75) is 18.9 Å². The van der Waals surface area contributed by atoms with Crippen LogP contribution in [0.2, 0.25) is 0 Å². The Balaban J connectivity index is 2.25. The van der Waals surface area contributed by atoms with Gasteiger partial charge in [-0.1, -0.05) is 0 Å². The van der Waals surface area contributed by atoms with E-state index in [2.05, 4.69) is 17.3 Å². The molecule has 1 aliphatic rings. The van der Waals surface area contributed by atoms with Gasteiger partial charge in [0.25, 0.3) is 0 Å². The van der Waals surface area contributed by atoms with Gasteiger partial charge in [-0.25, -0.2) is 0 Å². The maximum absolute atomic E-state index is 11.8. The van der Waals surface area contributed by atoms with Gasteiger partial charge in [0.05, 0.1) is 0 Å². The van der Waals surface area contributed by atoms with Crippen molar-refractivity contribution in [1.82, 2.24) is 15.1 Å². The lowest BCUT2D eigenvalue weighted by Crippen LogP contribution is -2.40. The first-order chi connectivity index (χ1) is 8.04. The summed E-state index contributed by atoms with van der Waals surface area (Å²) < 4.78 is 0. The van der Waals surface area contributed by atoms with Crippen LogP contribution in [0.3, 0.4) is 0 Å². The second-order valence-electron chi connectivity index (χ2n) is 4.44. The van der Waals surface area contributed by atoms with E-state index in [1.165, 1.54) is 0 Å². The molecule has 1 unspecified atom stereocenters. The van der Waals surface area contributed by atoms with Crippen LogP contribution in [0.1, 0.15) is 12.8 Å². The highest BCUT2D eigenvalue weighted by molar-refractivity contribution is 6.27. The molecule has 1 N–H and O–H groups in total. The van der Waals surface area contributed by atoms with Crippen molar-refractivity contribution < 1.29 is 9.59 Å². The molecule has 0 bridgehead atoms. The first-order valence-corrected chi connectivity index (χ1v) is 6.35. The third-order valence-electron chi connectivity index (χ3n) is 3.09. The van der Waals surface area contributed by atoms with E-state index in [1.54, 1.807) is 4.90 Å². The average Bonchev–Trinajstić information content (AvgIpc) is 2.74. The molecule has 1 fully saturated rings. The molecule has 5 nitrogen and oxygen atoms in total. The van der Waals surface area contributed by atoms with Gasteiger partial charge in [0.1, 0.15) is 5.88 Å². The summed E-state index contributed by atoms with van der Waals surface area (Å²) in [4.78, 5) is 26.7. The number of likely N-dealkylation sites (tertiary alicyclic amines) is 1. The summed E-state index contributed by atoms with van der Waals surface area (Å²) in [5.74, 6) is -0.222. The largest absolute Gasteiger partial charge is 0.355 e. The standard InChI is InChI=1S/C11H20ClN3O2/c1-14-6-4-9(8-14)15(2)11(17)3-5-13-10(16)7-12/h9H,3-8H2,1-2H3,(H,13,16). The summed E-state index contributed by atoms with van der Waals surface area (Å²) >= 11 is 5.34. The molecule has 2 amide bonds. The molecule has 6 heteroatoms. The highest BCUT2D eigenvalue weighted by Gasteiger charge is 2.25. The molecule has 1 atom stereocenters. The van der Waals surface area contributed by atoms with Crippen LogP contribution >= 0.6 is 11.6 Å². The Morgan fingerprint density at radius 3 is 2.76 bits per heavy atom. The van der Waals surface area contributed by atoms with Crippen LogP contribution in [0.4, 0.5) is 0 Å². The van der Waals surface area contributed by atoms with E-state index in [1.807, 2.05) is 7.05 Å². The predicted molar refractivity (Wildman–Crippen MR) is 67.0 cm³/mol. The van der Waals surface area contributed by atoms with E-state index >= 15 is 0 Å². The van der Waals surface area contributed by atoms with Crippen LogP contribution in [-0.2, 0) is 9.59 Å². The summed E-state index contributed by atoms with van der Waals surface area (Å²) in [6.45, 7) is 2.32. The average molecular weight is 262 g/mol. The van der Waals surface area contributed by atoms with E-state index in [9.17, 15) is 9.59 Å². The van der Waals surface area contributed by atoms with E-state index in [0.717, 1.165) is 19.5 Å². The SMILES string of the molecule is CN1CCC(N(C)C(=O)CCNC(=O)CCl)C1. The summed E-state index contributed by atoms with van der Waals surface area (Å²) in [5, 5.41) is 2.59. The third kappa shape index (κ3) is 4.52. The summed E-state index contributed by atoms with van der Waals surface area (Å²) in [7, 11) is 3.88. The predicted octanol–water partition coefficient (Wildman–Crippen LogP) is -0.106. The van der Waals surface area contributed by atoms with Crippen LogP contribution in [0.5, 0.6) is 0 Å². The number of carbonyl (C=O) groups excluding carboxylic acids is 2. The van der Waals surface area contributed by atoms with Gasteiger partial charge in [0, 0.05) is 32.6 Å². The van der Waals surface area contributed by atoms with E-state index in [0.29, 0.717) is 19.0 Å². The van der Waals surface area contributed by atoms with Crippen molar-refractivity contribution in [3.05, 3.63) is 0 Å². The second kappa shape index (κ2) is 6.81. The van der Waals surface area contributed by atoms with Crippen molar-refractivity contribution in [3.8, 4) is 0 Å². The summed E-state index contributed by atoms with van der Waals surface area (Å²) in [6, 6.07) is 0.302. The van der Waals surface area contributed by atoms with Crippen molar-refractivity contribution in [1.29, 1.82) is 0 Å². The van der Waals surface area contributed by atoms with Crippen LogP contribution in [-0.4, -0.2) is 67.3 Å². The molecule has 1 heterocycles. The lowest BCUT2D eigenvalue weighted by molar-refractivity contribution is -0.131. The Hall–Kier alpha value is -0.810. The maximum Gasteiger partial charge on any atom is 0.234 e. The number of likely N-dealkylation sites (N-methyl/N-ethyl adjacent to an activating group) is 2. The lowest BCUT2D eigenvalue weighted by Gasteiger charge is -2.24. The number of carbonyl (C=O) groups is 2. The number of nitrogens with one attached hydrogen (secondary N) is 1.